The molecule has 12 rings (SSSR count). The Bertz CT molecular complexity index is 3430. The summed E-state index contributed by atoms with van der Waals surface area (Å²) in [6.45, 7) is 8.24. The zero-order chi connectivity index (χ0) is 39.3. The number of fused-ring (bicyclic) bond motifs is 6. The van der Waals surface area contributed by atoms with E-state index in [1.807, 2.05) is 32.0 Å². The summed E-state index contributed by atoms with van der Waals surface area (Å²) < 4.78 is 12.9. The lowest BCUT2D eigenvalue weighted by atomic mass is 9.86. The van der Waals surface area contributed by atoms with E-state index in [2.05, 4.69) is 178 Å². The molecule has 0 aliphatic heterocycles. The molecule has 2 nitrogen and oxygen atoms in total. The summed E-state index contributed by atoms with van der Waals surface area (Å²) in [7, 11) is 0. The summed E-state index contributed by atoms with van der Waals surface area (Å²) in [5, 5.41) is 12.2. The fourth-order valence-electron chi connectivity index (χ4n) is 8.74. The van der Waals surface area contributed by atoms with Gasteiger partial charge in [-0.2, -0.15) is 0 Å². The van der Waals surface area contributed by atoms with Gasteiger partial charge in [-0.1, -0.05) is 178 Å². The Kier molecular flexibility index (Phi) is 8.76. The van der Waals surface area contributed by atoms with Gasteiger partial charge in [0.1, 0.15) is 22.3 Å². The second-order valence-corrected chi connectivity index (χ2v) is 14.9. The molecule has 0 N–H and O–H groups in total. The predicted octanol–water partition coefficient (Wildman–Crippen LogP) is 16.7. The molecule has 2 heterocycles. The van der Waals surface area contributed by atoms with Crippen LogP contribution in [-0.4, -0.2) is 0 Å². The lowest BCUT2D eigenvalue weighted by molar-refractivity contribution is 0.669. The van der Waals surface area contributed by atoms with Crippen LogP contribution in [0.4, 0.5) is 0 Å². The van der Waals surface area contributed by atoms with Crippen molar-refractivity contribution in [3.8, 4) is 33.4 Å². The zero-order valence-electron chi connectivity index (χ0n) is 33.1. The van der Waals surface area contributed by atoms with E-state index in [0.29, 0.717) is 0 Å². The molecule has 10 aromatic carbocycles. The Morgan fingerprint density at radius 1 is 0.310 bits per heavy atom. The van der Waals surface area contributed by atoms with Crippen LogP contribution >= 0.6 is 0 Å². The highest BCUT2D eigenvalue weighted by molar-refractivity contribution is 6.28. The van der Waals surface area contributed by atoms with Crippen molar-refractivity contribution in [1.29, 1.82) is 0 Å². The molecule has 0 radical (unpaired) electrons. The fourth-order valence-corrected chi connectivity index (χ4v) is 8.74. The van der Waals surface area contributed by atoms with Crippen molar-refractivity contribution in [2.75, 3.05) is 0 Å². The second-order valence-electron chi connectivity index (χ2n) is 14.9. The number of hydrogen-bond donors (Lipinski definition) is 0. The molecule has 0 amide bonds. The molecule has 0 aliphatic carbocycles. The first-order chi connectivity index (χ1) is 28.6. The van der Waals surface area contributed by atoms with Crippen LogP contribution in [0.3, 0.4) is 0 Å². The van der Waals surface area contributed by atoms with E-state index < -0.39 is 0 Å². The largest absolute Gasteiger partial charge is 0.455 e. The number of rotatable bonds is 3. The maximum atomic E-state index is 6.49. The summed E-state index contributed by atoms with van der Waals surface area (Å²) in [4.78, 5) is 0. The first-order valence-corrected chi connectivity index (χ1v) is 20.3. The van der Waals surface area contributed by atoms with Crippen LogP contribution in [0.5, 0.6) is 0 Å². The van der Waals surface area contributed by atoms with E-state index >= 15 is 0 Å². The summed E-state index contributed by atoms with van der Waals surface area (Å²) >= 11 is 0. The van der Waals surface area contributed by atoms with E-state index in [-0.39, 0.29) is 0 Å². The molecule has 0 saturated carbocycles. The summed E-state index contributed by atoms with van der Waals surface area (Å²) in [6, 6.07) is 65.0. The molecule has 2 aromatic heterocycles. The van der Waals surface area contributed by atoms with E-state index in [1.54, 1.807) is 0 Å². The lowest BCUT2D eigenvalue weighted by Crippen LogP contribution is -1.90. The summed E-state index contributed by atoms with van der Waals surface area (Å²) in [6.07, 6.45) is 0. The Morgan fingerprint density at radius 2 is 0.741 bits per heavy atom. The maximum absolute atomic E-state index is 6.49. The van der Waals surface area contributed by atoms with Gasteiger partial charge in [0.25, 0.3) is 0 Å². The van der Waals surface area contributed by atoms with Crippen molar-refractivity contribution in [3.63, 3.8) is 0 Å². The Labute approximate surface area is 337 Å². The molecule has 0 fully saturated rings. The maximum Gasteiger partial charge on any atom is 0.143 e. The Hall–Kier alpha value is -7.16. The highest BCUT2D eigenvalue weighted by Gasteiger charge is 2.19. The highest BCUT2D eigenvalue weighted by Crippen LogP contribution is 2.45. The molecule has 0 saturated heterocycles. The van der Waals surface area contributed by atoms with Crippen molar-refractivity contribution in [2.24, 2.45) is 0 Å². The van der Waals surface area contributed by atoms with Gasteiger partial charge in [-0.25, -0.2) is 0 Å². The van der Waals surface area contributed by atoms with Crippen LogP contribution in [-0.2, 0) is 0 Å². The summed E-state index contributed by atoms with van der Waals surface area (Å²) in [5.41, 5.74) is 13.4. The van der Waals surface area contributed by atoms with Crippen molar-refractivity contribution < 1.29 is 8.83 Å². The average molecular weight is 747 g/mol. The van der Waals surface area contributed by atoms with Crippen LogP contribution in [0.1, 0.15) is 25.0 Å². The van der Waals surface area contributed by atoms with Gasteiger partial charge < -0.3 is 8.83 Å². The van der Waals surface area contributed by atoms with E-state index in [9.17, 15) is 0 Å². The van der Waals surface area contributed by atoms with Gasteiger partial charge in [0.15, 0.2) is 0 Å². The Morgan fingerprint density at radius 3 is 1.33 bits per heavy atom. The molecule has 0 bridgehead atoms. The first kappa shape index (κ1) is 35.3. The van der Waals surface area contributed by atoms with Crippen molar-refractivity contribution in [2.45, 2.75) is 27.7 Å². The van der Waals surface area contributed by atoms with Crippen LogP contribution in [0.15, 0.2) is 191 Å². The number of furan rings is 2. The molecule has 0 unspecified atom stereocenters. The Balaban J connectivity index is 0.000000364. The van der Waals surface area contributed by atoms with E-state index in [0.717, 1.165) is 60.6 Å². The first-order valence-electron chi connectivity index (χ1n) is 20.3. The molecule has 0 aliphatic rings. The van der Waals surface area contributed by atoms with Crippen LogP contribution in [0, 0.1) is 13.8 Å². The van der Waals surface area contributed by atoms with E-state index in [1.165, 1.54) is 60.1 Å². The quantitative estimate of drug-likeness (QED) is 0.168. The van der Waals surface area contributed by atoms with Crippen LogP contribution in [0.2, 0.25) is 0 Å². The van der Waals surface area contributed by atoms with Gasteiger partial charge in [-0.05, 0) is 97.7 Å². The molecule has 278 valence electrons. The third-order valence-electron chi connectivity index (χ3n) is 11.7. The third-order valence-corrected chi connectivity index (χ3v) is 11.7. The van der Waals surface area contributed by atoms with Gasteiger partial charge in [-0.3, -0.25) is 0 Å². The highest BCUT2D eigenvalue weighted by atomic mass is 16.3. The molecular weight excluding hydrogens is 705 g/mol. The van der Waals surface area contributed by atoms with Crippen LogP contribution in [0.25, 0.3) is 110 Å². The minimum absolute atomic E-state index is 0.916. The number of para-hydroxylation sites is 4. The smallest absolute Gasteiger partial charge is 0.143 e. The molecule has 58 heavy (non-hydrogen) atoms. The van der Waals surface area contributed by atoms with Crippen molar-refractivity contribution in [3.05, 3.63) is 193 Å². The normalized spacial score (nSPS) is 11.4. The van der Waals surface area contributed by atoms with Gasteiger partial charge in [-0.15, -0.1) is 0 Å². The standard InChI is InChI=1S/C46H26O2.C8H10.C2H6/c1-3-16-41-34(10-1)39-14-6-12-32(45(39)47-41)30-9-5-8-29(26-30)31-22-18-27-21-25-37-33(23-19-28-20-24-36(31)43(27)44(28)37)38-13-7-15-40-35-11-2-4-17-42(35)48-46(38)40;1-7-5-3-4-6-8(7)2;1-2/h1-26H;3-6H,1-2H3;1-2H3. The summed E-state index contributed by atoms with van der Waals surface area (Å²) in [5.74, 6) is 0. The van der Waals surface area contributed by atoms with Crippen LogP contribution < -0.4 is 0 Å². The molecule has 0 atom stereocenters. The lowest BCUT2D eigenvalue weighted by Gasteiger charge is -2.17. The fraction of sp³-hybridized carbons (Fsp3) is 0.0714. The number of benzene rings is 10. The van der Waals surface area contributed by atoms with Gasteiger partial charge in [0, 0.05) is 32.7 Å². The van der Waals surface area contributed by atoms with E-state index in [4.69, 9.17) is 8.83 Å². The second kappa shape index (κ2) is 14.4. The topological polar surface area (TPSA) is 26.3 Å². The average Bonchev–Trinajstić information content (AvgIpc) is 3.86. The van der Waals surface area contributed by atoms with Crippen molar-refractivity contribution >= 4 is 76.2 Å². The monoisotopic (exact) mass is 746 g/mol. The minimum Gasteiger partial charge on any atom is -0.455 e. The van der Waals surface area contributed by atoms with Gasteiger partial charge in [0.2, 0.25) is 0 Å². The number of aryl methyl sites for hydroxylation is 2. The molecule has 12 aromatic rings. The zero-order valence-corrected chi connectivity index (χ0v) is 33.1. The predicted molar refractivity (Wildman–Crippen MR) is 248 cm³/mol. The minimum atomic E-state index is 0.916. The molecular formula is C56H42O2. The molecule has 0 spiro atoms. The SMILES string of the molecule is CC.Cc1ccccc1C.c1cc(-c2ccc3ccc4c(-c5cccc6c5oc5ccccc56)ccc5ccc2c3c54)cc(-c2cccc3c2oc2ccccc23)c1. The van der Waals surface area contributed by atoms with Gasteiger partial charge >= 0.3 is 0 Å². The van der Waals surface area contributed by atoms with Gasteiger partial charge in [0.05, 0.1) is 0 Å². The number of hydrogen-bond acceptors (Lipinski definition) is 2. The van der Waals surface area contributed by atoms with Crippen molar-refractivity contribution in [1.82, 2.24) is 0 Å². The molecule has 2 heteroatoms. The third kappa shape index (κ3) is 5.72.